The summed E-state index contributed by atoms with van der Waals surface area (Å²) in [6.45, 7) is 9.32. The van der Waals surface area contributed by atoms with Crippen molar-refractivity contribution >= 4 is 11.9 Å². The van der Waals surface area contributed by atoms with Crippen LogP contribution in [-0.4, -0.2) is 59.5 Å². The summed E-state index contributed by atoms with van der Waals surface area (Å²) in [7, 11) is 0. The van der Waals surface area contributed by atoms with Crippen LogP contribution in [0.1, 0.15) is 52.9 Å². The van der Waals surface area contributed by atoms with Gasteiger partial charge in [0.05, 0.1) is 12.0 Å². The molecule has 1 unspecified atom stereocenters. The predicted octanol–water partition coefficient (Wildman–Crippen LogP) is 2.21. The number of amides is 1. The molecule has 1 aliphatic rings. The van der Waals surface area contributed by atoms with E-state index in [0.29, 0.717) is 32.5 Å². The Morgan fingerprint density at radius 1 is 1.14 bits per heavy atom. The lowest BCUT2D eigenvalue weighted by molar-refractivity contribution is -0.149. The van der Waals surface area contributed by atoms with Crippen molar-refractivity contribution in [2.45, 2.75) is 52.9 Å². The van der Waals surface area contributed by atoms with E-state index in [4.69, 9.17) is 0 Å². The molecule has 1 saturated heterocycles. The van der Waals surface area contributed by atoms with Crippen LogP contribution in [0, 0.1) is 5.41 Å². The van der Waals surface area contributed by atoms with Crippen molar-refractivity contribution in [3.05, 3.63) is 0 Å². The summed E-state index contributed by atoms with van der Waals surface area (Å²) < 4.78 is 0. The van der Waals surface area contributed by atoms with Crippen LogP contribution in [-0.2, 0) is 9.59 Å². The van der Waals surface area contributed by atoms with Crippen LogP contribution >= 0.6 is 0 Å². The Balaban J connectivity index is 2.60. The number of aliphatic carboxylic acids is 1. The second-order valence-electron chi connectivity index (χ2n) is 6.18. The first kappa shape index (κ1) is 18.0. The van der Waals surface area contributed by atoms with E-state index in [1.54, 1.807) is 0 Å². The maximum Gasteiger partial charge on any atom is 0.310 e. The number of carboxylic acids is 1. The van der Waals surface area contributed by atoms with Crippen LogP contribution < -0.4 is 0 Å². The van der Waals surface area contributed by atoms with Crippen molar-refractivity contribution < 1.29 is 14.7 Å². The molecule has 21 heavy (non-hydrogen) atoms. The minimum atomic E-state index is -0.710. The zero-order valence-electron chi connectivity index (χ0n) is 13.7. The molecule has 1 N–H and O–H groups in total. The van der Waals surface area contributed by atoms with Crippen LogP contribution in [0.25, 0.3) is 0 Å². The quantitative estimate of drug-likeness (QED) is 0.709. The third-order valence-corrected chi connectivity index (χ3v) is 4.31. The molecule has 0 aliphatic carbocycles. The molecule has 0 spiro atoms. The van der Waals surface area contributed by atoms with Gasteiger partial charge in [0, 0.05) is 19.6 Å². The van der Waals surface area contributed by atoms with Crippen LogP contribution in [0.3, 0.4) is 0 Å². The van der Waals surface area contributed by atoms with Gasteiger partial charge in [-0.15, -0.1) is 0 Å². The highest BCUT2D eigenvalue weighted by atomic mass is 16.4. The topological polar surface area (TPSA) is 60.9 Å². The predicted molar refractivity (Wildman–Crippen MR) is 83.2 cm³/mol. The van der Waals surface area contributed by atoms with Gasteiger partial charge in [-0.3, -0.25) is 14.5 Å². The molecule has 0 aromatic carbocycles. The SMILES string of the molecule is CCCN(CCC)C(=O)CN1CCC(CCC)(C(=O)O)C1. The van der Waals surface area contributed by atoms with E-state index in [-0.39, 0.29) is 5.91 Å². The van der Waals surface area contributed by atoms with E-state index in [2.05, 4.69) is 13.8 Å². The highest BCUT2D eigenvalue weighted by Crippen LogP contribution is 2.35. The Hall–Kier alpha value is -1.10. The molecule has 5 heteroatoms. The second-order valence-corrected chi connectivity index (χ2v) is 6.18. The molecule has 1 rings (SSSR count). The van der Waals surface area contributed by atoms with E-state index in [0.717, 1.165) is 32.4 Å². The molecule has 0 aromatic rings. The Morgan fingerprint density at radius 2 is 1.76 bits per heavy atom. The minimum Gasteiger partial charge on any atom is -0.481 e. The van der Waals surface area contributed by atoms with E-state index >= 15 is 0 Å². The fraction of sp³-hybridized carbons (Fsp3) is 0.875. The molecular formula is C16H30N2O3. The zero-order chi connectivity index (χ0) is 15.9. The molecule has 1 atom stereocenters. The van der Waals surface area contributed by atoms with Crippen LogP contribution in [0.15, 0.2) is 0 Å². The van der Waals surface area contributed by atoms with E-state index in [9.17, 15) is 14.7 Å². The number of nitrogens with zero attached hydrogens (tertiary/aromatic N) is 2. The fourth-order valence-electron chi connectivity index (χ4n) is 3.25. The average molecular weight is 298 g/mol. The van der Waals surface area contributed by atoms with Gasteiger partial charge in [0.2, 0.25) is 5.91 Å². The second kappa shape index (κ2) is 8.37. The Morgan fingerprint density at radius 3 is 2.24 bits per heavy atom. The largest absolute Gasteiger partial charge is 0.481 e. The summed E-state index contributed by atoms with van der Waals surface area (Å²) in [5.41, 5.74) is -0.643. The third kappa shape index (κ3) is 4.70. The maximum absolute atomic E-state index is 12.4. The molecule has 5 nitrogen and oxygen atoms in total. The lowest BCUT2D eigenvalue weighted by Gasteiger charge is -2.26. The number of hydrogen-bond acceptors (Lipinski definition) is 3. The number of carbonyl (C=O) groups is 2. The van der Waals surface area contributed by atoms with Crippen LogP contribution in [0.4, 0.5) is 0 Å². The van der Waals surface area contributed by atoms with Crippen LogP contribution in [0.5, 0.6) is 0 Å². The standard InChI is InChI=1S/C16H30N2O3/c1-4-7-16(15(20)21)8-11-17(13-16)12-14(19)18(9-5-2)10-6-3/h4-13H2,1-3H3,(H,20,21). The fourth-order valence-corrected chi connectivity index (χ4v) is 3.25. The van der Waals surface area contributed by atoms with Crippen molar-refractivity contribution in [3.63, 3.8) is 0 Å². The first-order valence-corrected chi connectivity index (χ1v) is 8.22. The summed E-state index contributed by atoms with van der Waals surface area (Å²) in [4.78, 5) is 27.8. The van der Waals surface area contributed by atoms with Gasteiger partial charge in [0.15, 0.2) is 0 Å². The van der Waals surface area contributed by atoms with E-state index < -0.39 is 11.4 Å². The smallest absolute Gasteiger partial charge is 0.310 e. The monoisotopic (exact) mass is 298 g/mol. The summed E-state index contributed by atoms with van der Waals surface area (Å²) in [6, 6.07) is 0. The van der Waals surface area contributed by atoms with Gasteiger partial charge >= 0.3 is 5.97 Å². The van der Waals surface area contributed by atoms with Gasteiger partial charge in [-0.05, 0) is 32.2 Å². The average Bonchev–Trinajstić information content (AvgIpc) is 2.83. The summed E-state index contributed by atoms with van der Waals surface area (Å²) in [5.74, 6) is -0.574. The first-order valence-electron chi connectivity index (χ1n) is 8.22. The number of likely N-dealkylation sites (tertiary alicyclic amines) is 1. The van der Waals surface area contributed by atoms with Gasteiger partial charge in [-0.25, -0.2) is 0 Å². The normalized spacial score (nSPS) is 22.4. The van der Waals surface area contributed by atoms with Crippen molar-refractivity contribution in [1.82, 2.24) is 9.80 Å². The first-order chi connectivity index (χ1) is 9.99. The third-order valence-electron chi connectivity index (χ3n) is 4.31. The number of carboxylic acid groups (broad SMARTS) is 1. The maximum atomic E-state index is 12.4. The Labute approximate surface area is 128 Å². The summed E-state index contributed by atoms with van der Waals surface area (Å²) in [5, 5.41) is 9.50. The molecule has 1 aliphatic heterocycles. The molecule has 0 radical (unpaired) electrons. The van der Waals surface area contributed by atoms with Gasteiger partial charge in [0.1, 0.15) is 0 Å². The van der Waals surface area contributed by atoms with Crippen molar-refractivity contribution in [3.8, 4) is 0 Å². The van der Waals surface area contributed by atoms with Crippen molar-refractivity contribution in [2.24, 2.45) is 5.41 Å². The van der Waals surface area contributed by atoms with Crippen molar-refractivity contribution in [2.75, 3.05) is 32.7 Å². The minimum absolute atomic E-state index is 0.136. The van der Waals surface area contributed by atoms with E-state index in [1.807, 2.05) is 16.7 Å². The highest BCUT2D eigenvalue weighted by Gasteiger charge is 2.44. The Bertz CT molecular complexity index is 353. The summed E-state index contributed by atoms with van der Waals surface area (Å²) in [6.07, 6.45) is 4.14. The number of carbonyl (C=O) groups excluding carboxylic acids is 1. The number of hydrogen-bond donors (Lipinski definition) is 1. The zero-order valence-corrected chi connectivity index (χ0v) is 13.7. The lowest BCUT2D eigenvalue weighted by atomic mass is 9.83. The van der Waals surface area contributed by atoms with Gasteiger partial charge in [0.25, 0.3) is 0 Å². The molecule has 1 heterocycles. The molecule has 1 fully saturated rings. The Kier molecular flexibility index (Phi) is 7.15. The molecule has 0 aromatic heterocycles. The summed E-state index contributed by atoms with van der Waals surface area (Å²) >= 11 is 0. The lowest BCUT2D eigenvalue weighted by Crippen LogP contribution is -2.42. The molecule has 122 valence electrons. The van der Waals surface area contributed by atoms with Crippen LogP contribution in [0.2, 0.25) is 0 Å². The van der Waals surface area contributed by atoms with E-state index in [1.165, 1.54) is 0 Å². The van der Waals surface area contributed by atoms with Gasteiger partial charge < -0.3 is 10.0 Å². The molecule has 0 saturated carbocycles. The van der Waals surface area contributed by atoms with Gasteiger partial charge in [-0.2, -0.15) is 0 Å². The molecule has 0 bridgehead atoms. The molecular weight excluding hydrogens is 268 g/mol. The van der Waals surface area contributed by atoms with Gasteiger partial charge in [-0.1, -0.05) is 27.2 Å². The highest BCUT2D eigenvalue weighted by molar-refractivity contribution is 5.79. The molecule has 1 amide bonds. The van der Waals surface area contributed by atoms with Crippen molar-refractivity contribution in [1.29, 1.82) is 0 Å². The number of rotatable bonds is 9.